The number of hydrogen-bond donors (Lipinski definition) is 1. The number of carbonyl (C=O) groups is 1. The molecule has 6 nitrogen and oxygen atoms in total. The van der Waals surface area contributed by atoms with Gasteiger partial charge in [-0.1, -0.05) is 0 Å². The van der Waals surface area contributed by atoms with Gasteiger partial charge < -0.3 is 9.26 Å². The monoisotopic (exact) mass is 157 g/mol. The van der Waals surface area contributed by atoms with Crippen molar-refractivity contribution in [1.82, 2.24) is 5.27 Å². The zero-order valence-corrected chi connectivity index (χ0v) is 5.90. The number of hydrogen-bond acceptors (Lipinski definition) is 4. The van der Waals surface area contributed by atoms with Crippen LogP contribution >= 0.6 is 0 Å². The Hall–Kier alpha value is -1.59. The summed E-state index contributed by atoms with van der Waals surface area (Å²) >= 11 is 0. The Morgan fingerprint density at radius 3 is 3.18 bits per heavy atom. The van der Waals surface area contributed by atoms with Gasteiger partial charge in [0.25, 0.3) is 5.55 Å². The fourth-order valence-electron chi connectivity index (χ4n) is 0.522. The van der Waals surface area contributed by atoms with Gasteiger partial charge in [-0.15, -0.1) is 4.68 Å². The highest BCUT2D eigenvalue weighted by Crippen LogP contribution is 1.72. The molecule has 1 N–H and O–H groups in total. The molecule has 0 fully saturated rings. The number of aromatic nitrogens is 2. The molecule has 0 aliphatic rings. The zero-order valence-electron chi connectivity index (χ0n) is 5.90. The summed E-state index contributed by atoms with van der Waals surface area (Å²) in [6.45, 7) is 1.95. The summed E-state index contributed by atoms with van der Waals surface area (Å²) in [6, 6.07) is 0. The van der Waals surface area contributed by atoms with E-state index in [4.69, 9.17) is 5.41 Å². The summed E-state index contributed by atoms with van der Waals surface area (Å²) in [7, 11) is 0. The lowest BCUT2D eigenvalue weighted by atomic mass is 10.8. The summed E-state index contributed by atoms with van der Waals surface area (Å²) in [5.74, 6) is 0. The van der Waals surface area contributed by atoms with Gasteiger partial charge in [-0.3, -0.25) is 5.41 Å². The van der Waals surface area contributed by atoms with Crippen LogP contribution in [0.4, 0.5) is 4.79 Å². The van der Waals surface area contributed by atoms with E-state index in [1.54, 1.807) is 6.92 Å². The molecule has 0 bridgehead atoms. The number of nitrogens with zero attached hydrogens (tertiary/aromatic N) is 2. The van der Waals surface area contributed by atoms with Crippen molar-refractivity contribution in [2.45, 2.75) is 6.92 Å². The van der Waals surface area contributed by atoms with Gasteiger partial charge in [-0.2, -0.15) is 4.79 Å². The topological polar surface area (TPSA) is 81.3 Å². The highest BCUT2D eigenvalue weighted by Gasteiger charge is 2.10. The molecule has 1 rings (SSSR count). The van der Waals surface area contributed by atoms with E-state index in [1.807, 2.05) is 0 Å². The normalized spacial score (nSPS) is 9.55. The average Bonchev–Trinajstić information content (AvgIpc) is 2.36. The maximum atomic E-state index is 10.8. The van der Waals surface area contributed by atoms with Gasteiger partial charge in [-0.05, 0) is 6.92 Å². The number of carbonyl (C=O) groups excluding carboxylic acids is 1. The van der Waals surface area contributed by atoms with Crippen molar-refractivity contribution in [3.63, 3.8) is 0 Å². The van der Waals surface area contributed by atoms with Crippen LogP contribution in [0.5, 0.6) is 0 Å². The third-order valence-electron chi connectivity index (χ3n) is 0.922. The van der Waals surface area contributed by atoms with E-state index in [0.29, 0.717) is 0 Å². The fraction of sp³-hybridized carbons (Fsp3) is 0.400. The van der Waals surface area contributed by atoms with Gasteiger partial charge in [0.15, 0.2) is 0 Å². The van der Waals surface area contributed by atoms with Crippen LogP contribution in [0, 0.1) is 5.41 Å². The van der Waals surface area contributed by atoms with Gasteiger partial charge in [0, 0.05) is 0 Å². The maximum Gasteiger partial charge on any atom is 0.594 e. The molecule has 1 heterocycles. The van der Waals surface area contributed by atoms with Crippen molar-refractivity contribution >= 4 is 6.09 Å². The largest absolute Gasteiger partial charge is 0.594 e. The van der Waals surface area contributed by atoms with E-state index in [0.717, 1.165) is 10.9 Å². The molecule has 1 aromatic rings. The Morgan fingerprint density at radius 1 is 2.00 bits per heavy atom. The zero-order chi connectivity index (χ0) is 8.27. The Kier molecular flexibility index (Phi) is 2.05. The second-order valence-electron chi connectivity index (χ2n) is 1.71. The van der Waals surface area contributed by atoms with Gasteiger partial charge >= 0.3 is 6.09 Å². The number of nitrogens with one attached hydrogen (secondary N) is 1. The van der Waals surface area contributed by atoms with Crippen LogP contribution in [0.3, 0.4) is 0 Å². The van der Waals surface area contributed by atoms with Crippen LogP contribution in [0.1, 0.15) is 6.92 Å². The first kappa shape index (κ1) is 7.52. The summed E-state index contributed by atoms with van der Waals surface area (Å²) in [5.41, 5.74) is -0.182. The predicted octanol–water partition coefficient (Wildman–Crippen LogP) is -0.992. The third-order valence-corrected chi connectivity index (χ3v) is 0.922. The number of rotatable bonds is 1. The molecule has 0 amide bonds. The average molecular weight is 157 g/mol. The molecule has 60 valence electrons. The Labute approximate surface area is 61.9 Å². The Balaban J connectivity index is 2.76. The minimum absolute atomic E-state index is 0.182. The van der Waals surface area contributed by atoms with E-state index < -0.39 is 6.09 Å². The molecule has 0 spiro atoms. The van der Waals surface area contributed by atoms with Crippen molar-refractivity contribution in [3.8, 4) is 0 Å². The lowest BCUT2D eigenvalue weighted by Crippen LogP contribution is -2.46. The maximum absolute atomic E-state index is 10.8. The highest BCUT2D eigenvalue weighted by molar-refractivity contribution is 5.55. The summed E-state index contributed by atoms with van der Waals surface area (Å²) in [6.07, 6.45) is 0.479. The predicted molar refractivity (Wildman–Crippen MR) is 30.5 cm³/mol. The van der Waals surface area contributed by atoms with E-state index in [2.05, 4.69) is 14.5 Å². The van der Waals surface area contributed by atoms with Crippen LogP contribution in [0.2, 0.25) is 0 Å². The van der Waals surface area contributed by atoms with Crippen molar-refractivity contribution < 1.29 is 18.7 Å². The van der Waals surface area contributed by atoms with Gasteiger partial charge in [0.05, 0.1) is 6.61 Å². The lowest BCUT2D eigenvalue weighted by Gasteiger charge is -1.93. The molecule has 1 aromatic heterocycles. The van der Waals surface area contributed by atoms with E-state index in [9.17, 15) is 4.79 Å². The fourth-order valence-corrected chi connectivity index (χ4v) is 0.522. The molecular weight excluding hydrogens is 150 g/mol. The highest BCUT2D eigenvalue weighted by atomic mass is 16.6. The van der Waals surface area contributed by atoms with Gasteiger partial charge in [-0.25, -0.2) is 5.27 Å². The molecule has 0 saturated carbocycles. The number of ether oxygens (including phenoxy) is 1. The van der Waals surface area contributed by atoms with Crippen LogP contribution in [-0.2, 0) is 4.74 Å². The Bertz CT molecular complexity index is 300. The van der Waals surface area contributed by atoms with Crippen molar-refractivity contribution in [1.29, 1.82) is 5.41 Å². The first-order chi connectivity index (χ1) is 5.24. The molecule has 0 saturated heterocycles. The second kappa shape index (κ2) is 3.00. The SMILES string of the molecule is CCOC(=O)[n+]1cc(=N)o[n-]1. The first-order valence-electron chi connectivity index (χ1n) is 3.01. The van der Waals surface area contributed by atoms with Crippen molar-refractivity contribution in [2.24, 2.45) is 0 Å². The molecule has 0 radical (unpaired) electrons. The molecule has 6 heteroatoms. The van der Waals surface area contributed by atoms with Crippen LogP contribution in [-0.4, -0.2) is 12.7 Å². The van der Waals surface area contributed by atoms with Crippen LogP contribution in [0.25, 0.3) is 0 Å². The van der Waals surface area contributed by atoms with Crippen LogP contribution < -0.4 is 15.5 Å². The molecule has 11 heavy (non-hydrogen) atoms. The molecule has 0 unspecified atom stereocenters. The Morgan fingerprint density at radius 2 is 2.73 bits per heavy atom. The van der Waals surface area contributed by atoms with E-state index in [-0.39, 0.29) is 12.2 Å². The minimum atomic E-state index is -0.644. The van der Waals surface area contributed by atoms with Gasteiger partial charge in [0.2, 0.25) is 6.20 Å². The minimum Gasteiger partial charge on any atom is -0.486 e. The molecule has 0 aliphatic carbocycles. The molecule has 0 aliphatic heterocycles. The second-order valence-corrected chi connectivity index (χ2v) is 1.71. The lowest BCUT2D eigenvalue weighted by molar-refractivity contribution is -0.664. The van der Waals surface area contributed by atoms with Gasteiger partial charge in [0.1, 0.15) is 0 Å². The van der Waals surface area contributed by atoms with Crippen molar-refractivity contribution in [2.75, 3.05) is 6.61 Å². The van der Waals surface area contributed by atoms with Crippen molar-refractivity contribution in [3.05, 3.63) is 11.8 Å². The summed E-state index contributed by atoms with van der Waals surface area (Å²) in [5, 5.41) is 10.1. The van der Waals surface area contributed by atoms with Crippen LogP contribution in [0.15, 0.2) is 10.7 Å². The quantitative estimate of drug-likeness (QED) is 0.530. The summed E-state index contributed by atoms with van der Waals surface area (Å²) < 4.78 is 9.70. The molecular formula is C5H7N3O3. The molecule has 0 atom stereocenters. The molecule has 0 aromatic carbocycles. The van der Waals surface area contributed by atoms with E-state index >= 15 is 0 Å². The summed E-state index contributed by atoms with van der Waals surface area (Å²) in [4.78, 5) is 10.8. The standard InChI is InChI=1S/C5H7N3O3/c1-2-10-5(9)8-3-4(6)11-7-8/h3,6H,2H2,1H3. The first-order valence-corrected chi connectivity index (χ1v) is 3.01. The smallest absolute Gasteiger partial charge is 0.486 e. The van der Waals surface area contributed by atoms with E-state index in [1.165, 1.54) is 0 Å². The third kappa shape index (κ3) is 1.66.